The number of benzene rings is 1. The minimum Gasteiger partial charge on any atom is -0.478 e. The van der Waals surface area contributed by atoms with Gasteiger partial charge in [-0.1, -0.05) is 0 Å². The van der Waals surface area contributed by atoms with Gasteiger partial charge in [-0.2, -0.15) is 0 Å². The third-order valence-corrected chi connectivity index (χ3v) is 2.76. The Kier molecular flexibility index (Phi) is 2.19. The van der Waals surface area contributed by atoms with Gasteiger partial charge in [0, 0.05) is 24.3 Å². The molecule has 0 saturated carbocycles. The molecule has 0 aromatic heterocycles. The molecule has 2 heterocycles. The van der Waals surface area contributed by atoms with Crippen LogP contribution in [0.1, 0.15) is 5.56 Å². The van der Waals surface area contributed by atoms with Crippen LogP contribution in [0.25, 0.3) is 0 Å². The van der Waals surface area contributed by atoms with E-state index in [0.717, 1.165) is 16.2 Å². The maximum absolute atomic E-state index is 11.5. The zero-order valence-corrected chi connectivity index (χ0v) is 8.97. The second kappa shape index (κ2) is 3.71. The van der Waals surface area contributed by atoms with Crippen molar-refractivity contribution in [2.24, 2.45) is 0 Å². The lowest BCUT2D eigenvalue weighted by atomic mass is 10.1. The lowest BCUT2D eigenvalue weighted by molar-refractivity contribution is -0.119. The Balaban J connectivity index is 1.99. The van der Waals surface area contributed by atoms with E-state index in [1.807, 2.05) is 0 Å². The number of nitrogens with zero attached hydrogens (tertiary/aromatic N) is 1. The molecule has 1 aromatic rings. The van der Waals surface area contributed by atoms with E-state index in [2.05, 4.69) is 5.32 Å². The number of hydrogen-bond donors (Lipinski definition) is 1. The van der Waals surface area contributed by atoms with Crippen molar-refractivity contribution in [2.75, 3.05) is 11.6 Å². The van der Waals surface area contributed by atoms with E-state index in [-0.39, 0.29) is 11.8 Å². The van der Waals surface area contributed by atoms with E-state index >= 15 is 0 Å². The Bertz CT molecular complexity index is 519. The fourth-order valence-electron chi connectivity index (χ4n) is 1.95. The monoisotopic (exact) mass is 230 g/mol. The van der Waals surface area contributed by atoms with E-state index in [1.165, 1.54) is 12.2 Å². The van der Waals surface area contributed by atoms with Crippen molar-refractivity contribution >= 4 is 17.5 Å². The lowest BCUT2D eigenvalue weighted by Gasteiger charge is -2.21. The molecule has 2 amide bonds. The van der Waals surface area contributed by atoms with Gasteiger partial charge in [-0.3, -0.25) is 14.9 Å². The molecule has 5 heteroatoms. The minimum absolute atomic E-state index is 0.306. The summed E-state index contributed by atoms with van der Waals surface area (Å²) in [6.07, 6.45) is 2.55. The van der Waals surface area contributed by atoms with Crippen molar-refractivity contribution in [1.29, 1.82) is 0 Å². The van der Waals surface area contributed by atoms with Crippen LogP contribution in [-0.2, 0) is 16.1 Å². The van der Waals surface area contributed by atoms with E-state index in [1.54, 1.807) is 18.2 Å². The fraction of sp³-hybridized carbons (Fsp3) is 0.167. The highest BCUT2D eigenvalue weighted by atomic mass is 16.5. The Morgan fingerprint density at radius 2 is 1.94 bits per heavy atom. The number of fused-ring (bicyclic) bond motifs is 1. The summed E-state index contributed by atoms with van der Waals surface area (Å²) in [5, 5.41) is 3.05. The first-order chi connectivity index (χ1) is 8.25. The maximum atomic E-state index is 11.5. The topological polar surface area (TPSA) is 58.6 Å². The Labute approximate surface area is 97.7 Å². The average molecular weight is 230 g/mol. The van der Waals surface area contributed by atoms with Gasteiger partial charge in [0.25, 0.3) is 11.8 Å². The molecule has 1 N–H and O–H groups in total. The molecule has 0 bridgehead atoms. The van der Waals surface area contributed by atoms with Crippen LogP contribution >= 0.6 is 0 Å². The van der Waals surface area contributed by atoms with Crippen LogP contribution in [0, 0.1) is 0 Å². The van der Waals surface area contributed by atoms with Crippen molar-refractivity contribution in [3.05, 3.63) is 35.9 Å². The van der Waals surface area contributed by atoms with Gasteiger partial charge in [-0.25, -0.2) is 4.90 Å². The van der Waals surface area contributed by atoms with Crippen LogP contribution in [-0.4, -0.2) is 18.5 Å². The molecule has 0 atom stereocenters. The van der Waals surface area contributed by atoms with Crippen LogP contribution < -0.4 is 15.0 Å². The highest BCUT2D eigenvalue weighted by Crippen LogP contribution is 2.28. The van der Waals surface area contributed by atoms with Crippen molar-refractivity contribution in [3.63, 3.8) is 0 Å². The molecule has 0 spiro atoms. The zero-order chi connectivity index (χ0) is 11.8. The van der Waals surface area contributed by atoms with Crippen molar-refractivity contribution in [3.8, 4) is 5.75 Å². The van der Waals surface area contributed by atoms with Gasteiger partial charge < -0.3 is 4.74 Å². The molecule has 0 unspecified atom stereocenters. The molecule has 3 rings (SSSR count). The third-order valence-electron chi connectivity index (χ3n) is 2.76. The number of anilines is 1. The first-order valence-corrected chi connectivity index (χ1v) is 5.28. The van der Waals surface area contributed by atoms with Crippen LogP contribution in [0.2, 0.25) is 0 Å². The molecular weight excluding hydrogens is 220 g/mol. The number of rotatable bonds is 1. The molecule has 86 valence electrons. The van der Waals surface area contributed by atoms with Crippen molar-refractivity contribution in [1.82, 2.24) is 5.32 Å². The molecule has 0 saturated heterocycles. The quantitative estimate of drug-likeness (QED) is 0.716. The average Bonchev–Trinajstić information content (AvgIpc) is 2.68. The van der Waals surface area contributed by atoms with Crippen LogP contribution in [0.3, 0.4) is 0 Å². The first-order valence-electron chi connectivity index (χ1n) is 5.28. The van der Waals surface area contributed by atoms with E-state index in [4.69, 9.17) is 4.74 Å². The molecule has 1 aromatic carbocycles. The van der Waals surface area contributed by atoms with Gasteiger partial charge in [0.15, 0.2) is 0 Å². The Morgan fingerprint density at radius 3 is 2.71 bits per heavy atom. The summed E-state index contributed by atoms with van der Waals surface area (Å²) in [5.41, 5.74) is 1.53. The molecule has 0 fully saturated rings. The van der Waals surface area contributed by atoms with Crippen LogP contribution in [0.5, 0.6) is 5.75 Å². The number of imide groups is 1. The van der Waals surface area contributed by atoms with Crippen LogP contribution in [0.4, 0.5) is 5.69 Å². The highest BCUT2D eigenvalue weighted by Gasteiger charge is 2.26. The summed E-state index contributed by atoms with van der Waals surface area (Å²) in [5.74, 6) is 0.179. The number of ether oxygens (including phenoxy) is 1. The van der Waals surface area contributed by atoms with Gasteiger partial charge in [0.2, 0.25) is 0 Å². The SMILES string of the molecule is O=C1C=CC(=O)N1c1ccc2c(c1)CNCO2. The lowest BCUT2D eigenvalue weighted by Crippen LogP contribution is -2.30. The standard InChI is InChI=1S/C12H10N2O3/c15-11-3-4-12(16)14(11)9-1-2-10-8(5-9)6-13-7-17-10/h1-5,13H,6-7H2. The van der Waals surface area contributed by atoms with Gasteiger partial charge in [-0.05, 0) is 18.2 Å². The van der Waals surface area contributed by atoms with Gasteiger partial charge in [-0.15, -0.1) is 0 Å². The van der Waals surface area contributed by atoms with E-state index in [0.29, 0.717) is 19.0 Å². The summed E-state index contributed by atoms with van der Waals surface area (Å²) < 4.78 is 5.38. The van der Waals surface area contributed by atoms with Gasteiger partial charge in [0.1, 0.15) is 12.5 Å². The minimum atomic E-state index is -0.306. The van der Waals surface area contributed by atoms with E-state index in [9.17, 15) is 9.59 Å². The fourth-order valence-corrected chi connectivity index (χ4v) is 1.95. The number of carbonyl (C=O) groups excluding carboxylic acids is 2. The largest absolute Gasteiger partial charge is 0.478 e. The molecule has 0 aliphatic carbocycles. The number of hydrogen-bond acceptors (Lipinski definition) is 4. The number of nitrogens with one attached hydrogen (secondary N) is 1. The summed E-state index contributed by atoms with van der Waals surface area (Å²) >= 11 is 0. The predicted molar refractivity (Wildman–Crippen MR) is 60.4 cm³/mol. The molecule has 0 radical (unpaired) electrons. The highest BCUT2D eigenvalue weighted by molar-refractivity contribution is 6.28. The van der Waals surface area contributed by atoms with Crippen molar-refractivity contribution in [2.45, 2.75) is 6.54 Å². The second-order valence-corrected chi connectivity index (χ2v) is 3.85. The maximum Gasteiger partial charge on any atom is 0.258 e. The number of amides is 2. The summed E-state index contributed by atoms with van der Waals surface area (Å²) in [6.45, 7) is 1.16. The second-order valence-electron chi connectivity index (χ2n) is 3.85. The summed E-state index contributed by atoms with van der Waals surface area (Å²) in [4.78, 5) is 24.2. The molecule has 17 heavy (non-hydrogen) atoms. The normalized spacial score (nSPS) is 18.2. The molecular formula is C12H10N2O3. The molecule has 5 nitrogen and oxygen atoms in total. The smallest absolute Gasteiger partial charge is 0.258 e. The number of carbonyl (C=O) groups is 2. The molecule has 2 aliphatic heterocycles. The Hall–Kier alpha value is -2.14. The molecule has 2 aliphatic rings. The summed E-state index contributed by atoms with van der Waals surface area (Å²) in [6, 6.07) is 5.29. The Morgan fingerprint density at radius 1 is 1.18 bits per heavy atom. The van der Waals surface area contributed by atoms with Crippen LogP contribution in [0.15, 0.2) is 30.4 Å². The van der Waals surface area contributed by atoms with Gasteiger partial charge >= 0.3 is 0 Å². The van der Waals surface area contributed by atoms with Gasteiger partial charge in [0.05, 0.1) is 5.69 Å². The zero-order valence-electron chi connectivity index (χ0n) is 8.97. The predicted octanol–water partition coefficient (Wildman–Crippen LogP) is 0.555. The van der Waals surface area contributed by atoms with E-state index < -0.39 is 0 Å². The third kappa shape index (κ3) is 1.60. The summed E-state index contributed by atoms with van der Waals surface area (Å²) in [7, 11) is 0. The first kappa shape index (κ1) is 10.0. The van der Waals surface area contributed by atoms with Crippen molar-refractivity contribution < 1.29 is 14.3 Å².